The van der Waals surface area contributed by atoms with Crippen LogP contribution < -0.4 is 15.4 Å². The molecule has 1 amide bonds. The molecule has 2 N–H and O–H groups in total. The third-order valence-corrected chi connectivity index (χ3v) is 6.14. The average molecular weight is 447 g/mol. The Morgan fingerprint density at radius 3 is 2.38 bits per heavy atom. The number of para-hydroxylation sites is 1. The van der Waals surface area contributed by atoms with E-state index in [4.69, 9.17) is 9.15 Å². The Kier molecular flexibility index (Phi) is 4.81. The fourth-order valence-electron chi connectivity index (χ4n) is 4.33. The molecule has 34 heavy (non-hydrogen) atoms. The fourth-order valence-corrected chi connectivity index (χ4v) is 4.33. The fraction of sp³-hybridized carbons (Fsp3) is 0.0690. The second-order valence-corrected chi connectivity index (χ2v) is 8.35. The molecule has 5 nitrogen and oxygen atoms in total. The van der Waals surface area contributed by atoms with Gasteiger partial charge >= 0.3 is 0 Å². The van der Waals surface area contributed by atoms with Crippen LogP contribution in [0.5, 0.6) is 5.75 Å². The quantitative estimate of drug-likeness (QED) is 0.307. The van der Waals surface area contributed by atoms with Crippen LogP contribution in [0.1, 0.15) is 27.9 Å². The topological polar surface area (TPSA) is 63.5 Å². The number of carbonyl (C=O) groups excluding carboxylic acids is 1. The maximum Gasteiger partial charge on any atom is 0.291 e. The zero-order chi connectivity index (χ0) is 23.1. The van der Waals surface area contributed by atoms with Crippen LogP contribution in [0.4, 0.5) is 11.4 Å². The van der Waals surface area contributed by atoms with Gasteiger partial charge < -0.3 is 19.8 Å². The monoisotopic (exact) mass is 446 g/mol. The molecule has 2 heterocycles. The Labute approximate surface area is 197 Å². The number of rotatable bonds is 4. The minimum absolute atomic E-state index is 0.277. The smallest absolute Gasteiger partial charge is 0.291 e. The van der Waals surface area contributed by atoms with Gasteiger partial charge in [-0.05, 0) is 42.3 Å². The lowest BCUT2D eigenvalue weighted by atomic mass is 10.0. The molecule has 0 saturated carbocycles. The van der Waals surface area contributed by atoms with Gasteiger partial charge in [0, 0.05) is 22.2 Å². The molecule has 1 atom stereocenters. The standard InChI is InChI=1S/C29H22N2O3/c1-18-23-9-5-6-10-25(23)33-27(18)28(32)30-22-15-16-26-24(17-22)31-29(34-26)21-13-11-20(12-14-21)19-7-3-2-4-8-19/h2-17,29,31H,1H3,(H,30,32). The zero-order valence-corrected chi connectivity index (χ0v) is 18.5. The second-order valence-electron chi connectivity index (χ2n) is 8.35. The largest absolute Gasteiger partial charge is 0.464 e. The van der Waals surface area contributed by atoms with Crippen molar-refractivity contribution in [2.24, 2.45) is 0 Å². The highest BCUT2D eigenvalue weighted by molar-refractivity contribution is 6.06. The molecule has 0 fully saturated rings. The maximum atomic E-state index is 12.9. The summed E-state index contributed by atoms with van der Waals surface area (Å²) < 4.78 is 11.9. The lowest BCUT2D eigenvalue weighted by Crippen LogP contribution is -2.12. The van der Waals surface area contributed by atoms with Crippen molar-refractivity contribution in [2.45, 2.75) is 13.2 Å². The molecule has 1 aliphatic rings. The van der Waals surface area contributed by atoms with Crippen LogP contribution >= 0.6 is 0 Å². The van der Waals surface area contributed by atoms with Gasteiger partial charge in [-0.2, -0.15) is 0 Å². The molecular formula is C29H22N2O3. The lowest BCUT2D eigenvalue weighted by Gasteiger charge is -2.12. The molecule has 1 unspecified atom stereocenters. The Hall–Kier alpha value is -4.51. The third-order valence-electron chi connectivity index (χ3n) is 6.14. The molecule has 1 aromatic heterocycles. The van der Waals surface area contributed by atoms with E-state index >= 15 is 0 Å². The van der Waals surface area contributed by atoms with E-state index in [1.165, 1.54) is 5.56 Å². The van der Waals surface area contributed by atoms with Crippen molar-refractivity contribution in [2.75, 3.05) is 10.6 Å². The molecule has 0 saturated heterocycles. The number of nitrogens with one attached hydrogen (secondary N) is 2. The minimum Gasteiger partial charge on any atom is -0.464 e. The van der Waals surface area contributed by atoms with E-state index in [1.807, 2.05) is 67.6 Å². The van der Waals surface area contributed by atoms with E-state index < -0.39 is 0 Å². The van der Waals surface area contributed by atoms with Gasteiger partial charge in [0.15, 0.2) is 12.0 Å². The summed E-state index contributed by atoms with van der Waals surface area (Å²) in [6.45, 7) is 1.90. The second kappa shape index (κ2) is 8.12. The van der Waals surface area contributed by atoms with Crippen molar-refractivity contribution >= 4 is 28.3 Å². The summed E-state index contributed by atoms with van der Waals surface area (Å²) in [5.41, 5.74) is 6.39. The number of furan rings is 1. The molecule has 6 rings (SSSR count). The minimum atomic E-state index is -0.289. The van der Waals surface area contributed by atoms with Gasteiger partial charge in [0.05, 0.1) is 5.69 Å². The van der Waals surface area contributed by atoms with Crippen LogP contribution in [0.3, 0.4) is 0 Å². The number of amides is 1. The first-order chi connectivity index (χ1) is 16.7. The van der Waals surface area contributed by atoms with Crippen LogP contribution in [0, 0.1) is 6.92 Å². The number of benzene rings is 4. The van der Waals surface area contributed by atoms with Gasteiger partial charge in [0.2, 0.25) is 0 Å². The van der Waals surface area contributed by atoms with Crippen LogP contribution in [-0.4, -0.2) is 5.91 Å². The zero-order valence-electron chi connectivity index (χ0n) is 18.5. The summed E-state index contributed by atoms with van der Waals surface area (Å²) in [5, 5.41) is 7.28. The van der Waals surface area contributed by atoms with Crippen LogP contribution in [0.25, 0.3) is 22.1 Å². The van der Waals surface area contributed by atoms with Crippen molar-refractivity contribution in [1.29, 1.82) is 0 Å². The number of hydrogen-bond acceptors (Lipinski definition) is 4. The van der Waals surface area contributed by atoms with Gasteiger partial charge in [-0.25, -0.2) is 0 Å². The Morgan fingerprint density at radius 2 is 1.59 bits per heavy atom. The molecule has 5 heteroatoms. The molecule has 4 aromatic carbocycles. The highest BCUT2D eigenvalue weighted by atomic mass is 16.5. The summed E-state index contributed by atoms with van der Waals surface area (Å²) in [7, 11) is 0. The van der Waals surface area contributed by atoms with E-state index in [2.05, 4.69) is 47.0 Å². The number of fused-ring (bicyclic) bond motifs is 2. The first-order valence-corrected chi connectivity index (χ1v) is 11.2. The van der Waals surface area contributed by atoms with Crippen molar-refractivity contribution in [3.05, 3.63) is 114 Å². The number of ether oxygens (including phenoxy) is 1. The Balaban J connectivity index is 1.18. The van der Waals surface area contributed by atoms with Crippen LogP contribution in [-0.2, 0) is 0 Å². The molecule has 166 valence electrons. The van der Waals surface area contributed by atoms with Crippen LogP contribution in [0.15, 0.2) is 101 Å². The van der Waals surface area contributed by atoms with Gasteiger partial charge in [-0.3, -0.25) is 4.79 Å². The van der Waals surface area contributed by atoms with E-state index in [-0.39, 0.29) is 12.1 Å². The highest BCUT2D eigenvalue weighted by Gasteiger charge is 2.24. The number of carbonyl (C=O) groups is 1. The Bertz CT molecular complexity index is 1500. The average Bonchev–Trinajstić information content (AvgIpc) is 3.46. The first kappa shape index (κ1) is 20.1. The molecule has 1 aliphatic heterocycles. The molecule has 5 aromatic rings. The van der Waals surface area contributed by atoms with E-state index in [9.17, 15) is 4.79 Å². The number of hydrogen-bond donors (Lipinski definition) is 2. The van der Waals surface area contributed by atoms with Gasteiger partial charge in [0.25, 0.3) is 5.91 Å². The first-order valence-electron chi connectivity index (χ1n) is 11.2. The summed E-state index contributed by atoms with van der Waals surface area (Å²) >= 11 is 0. The highest BCUT2D eigenvalue weighted by Crippen LogP contribution is 2.40. The third kappa shape index (κ3) is 3.57. The lowest BCUT2D eigenvalue weighted by molar-refractivity contribution is 0.0998. The molecular weight excluding hydrogens is 424 g/mol. The summed E-state index contributed by atoms with van der Waals surface area (Å²) in [4.78, 5) is 12.9. The van der Waals surface area contributed by atoms with E-state index in [0.717, 1.165) is 33.5 Å². The van der Waals surface area contributed by atoms with Crippen molar-refractivity contribution in [3.8, 4) is 16.9 Å². The predicted octanol–water partition coefficient (Wildman–Crippen LogP) is 7.16. The van der Waals surface area contributed by atoms with Crippen molar-refractivity contribution in [3.63, 3.8) is 0 Å². The molecule has 0 spiro atoms. The van der Waals surface area contributed by atoms with Crippen molar-refractivity contribution < 1.29 is 13.9 Å². The number of aryl methyl sites for hydroxylation is 1. The van der Waals surface area contributed by atoms with Crippen LogP contribution in [0.2, 0.25) is 0 Å². The van der Waals surface area contributed by atoms with E-state index in [1.54, 1.807) is 0 Å². The van der Waals surface area contributed by atoms with Gasteiger partial charge in [0.1, 0.15) is 11.3 Å². The molecule has 0 radical (unpaired) electrons. The van der Waals surface area contributed by atoms with Gasteiger partial charge in [-0.1, -0.05) is 72.8 Å². The van der Waals surface area contributed by atoms with E-state index in [0.29, 0.717) is 17.0 Å². The normalized spacial score (nSPS) is 14.3. The Morgan fingerprint density at radius 1 is 0.853 bits per heavy atom. The summed E-state index contributed by atoms with van der Waals surface area (Å²) in [6, 6.07) is 31.8. The molecule has 0 bridgehead atoms. The van der Waals surface area contributed by atoms with Gasteiger partial charge in [-0.15, -0.1) is 0 Å². The maximum absolute atomic E-state index is 12.9. The number of anilines is 2. The molecule has 0 aliphatic carbocycles. The predicted molar refractivity (Wildman–Crippen MR) is 134 cm³/mol. The summed E-state index contributed by atoms with van der Waals surface area (Å²) in [5.74, 6) is 0.790. The SMILES string of the molecule is Cc1c(C(=O)Nc2ccc3c(c2)NC(c2ccc(-c4ccccc4)cc2)O3)oc2ccccc12. The van der Waals surface area contributed by atoms with Crippen molar-refractivity contribution in [1.82, 2.24) is 0 Å². The summed E-state index contributed by atoms with van der Waals surface area (Å²) in [6.07, 6.45) is -0.289.